The molecule has 5 heteroatoms. The van der Waals surface area contributed by atoms with Crippen LogP contribution in [0.1, 0.15) is 28.8 Å². The van der Waals surface area contributed by atoms with Crippen LogP contribution >= 0.6 is 11.8 Å². The average molecular weight is 304 g/mol. The molecule has 1 aromatic heterocycles. The maximum atomic E-state index is 11.7. The van der Waals surface area contributed by atoms with E-state index in [1.807, 2.05) is 43.3 Å². The molecule has 1 aromatic carbocycles. The van der Waals surface area contributed by atoms with Gasteiger partial charge < -0.3 is 15.1 Å². The van der Waals surface area contributed by atoms with Crippen LogP contribution < -0.4 is 10.6 Å². The van der Waals surface area contributed by atoms with Gasteiger partial charge in [0, 0.05) is 17.8 Å². The summed E-state index contributed by atoms with van der Waals surface area (Å²) in [5.74, 6) is 2.75. The van der Waals surface area contributed by atoms with Crippen LogP contribution in [0.15, 0.2) is 40.8 Å². The normalized spacial score (nSPS) is 10.4. The van der Waals surface area contributed by atoms with Gasteiger partial charge in [0.25, 0.3) is 5.91 Å². The summed E-state index contributed by atoms with van der Waals surface area (Å²) < 4.78 is 5.69. The van der Waals surface area contributed by atoms with Gasteiger partial charge in [0.05, 0.1) is 12.3 Å². The molecule has 0 saturated heterocycles. The molecule has 0 unspecified atom stereocenters. The standard InChI is InChI=1S/C16H20N2O2S/c1-3-17-16(19)12-4-6-13(7-5-12)18-10-14-8-9-15(20-14)11-21-2/h4-9,18H,3,10-11H2,1-2H3,(H,17,19). The lowest BCUT2D eigenvalue weighted by molar-refractivity contribution is 0.0956. The van der Waals surface area contributed by atoms with Crippen molar-refractivity contribution in [3.63, 3.8) is 0 Å². The summed E-state index contributed by atoms with van der Waals surface area (Å²) in [4.78, 5) is 11.7. The van der Waals surface area contributed by atoms with E-state index < -0.39 is 0 Å². The Morgan fingerprint density at radius 3 is 2.52 bits per heavy atom. The number of thioether (sulfide) groups is 1. The van der Waals surface area contributed by atoms with Gasteiger partial charge in [-0.25, -0.2) is 0 Å². The van der Waals surface area contributed by atoms with Crippen molar-refractivity contribution in [2.24, 2.45) is 0 Å². The van der Waals surface area contributed by atoms with Crippen molar-refractivity contribution in [2.45, 2.75) is 19.2 Å². The highest BCUT2D eigenvalue weighted by Gasteiger charge is 2.04. The SMILES string of the molecule is CCNC(=O)c1ccc(NCc2ccc(CSC)o2)cc1. The van der Waals surface area contributed by atoms with Gasteiger partial charge in [-0.15, -0.1) is 0 Å². The number of nitrogens with one attached hydrogen (secondary N) is 2. The quantitative estimate of drug-likeness (QED) is 0.822. The highest BCUT2D eigenvalue weighted by molar-refractivity contribution is 7.97. The van der Waals surface area contributed by atoms with Crippen LogP contribution in [0.4, 0.5) is 5.69 Å². The predicted octanol–water partition coefficient (Wildman–Crippen LogP) is 3.50. The molecule has 0 aliphatic heterocycles. The van der Waals surface area contributed by atoms with Gasteiger partial charge in [0.15, 0.2) is 0 Å². The highest BCUT2D eigenvalue weighted by atomic mass is 32.2. The Labute approximate surface area is 129 Å². The van der Waals surface area contributed by atoms with Crippen molar-refractivity contribution < 1.29 is 9.21 Å². The smallest absolute Gasteiger partial charge is 0.251 e. The topological polar surface area (TPSA) is 54.3 Å². The molecular formula is C16H20N2O2S. The van der Waals surface area contributed by atoms with Crippen molar-refractivity contribution in [2.75, 3.05) is 18.1 Å². The van der Waals surface area contributed by atoms with Crippen LogP contribution in [0, 0.1) is 0 Å². The number of carbonyl (C=O) groups is 1. The molecule has 112 valence electrons. The summed E-state index contributed by atoms with van der Waals surface area (Å²) in [6.45, 7) is 3.17. The van der Waals surface area contributed by atoms with Crippen LogP contribution in [0.2, 0.25) is 0 Å². The van der Waals surface area contributed by atoms with Gasteiger partial charge in [-0.05, 0) is 49.6 Å². The van der Waals surface area contributed by atoms with Gasteiger partial charge in [-0.1, -0.05) is 0 Å². The molecule has 2 aromatic rings. The fraction of sp³-hybridized carbons (Fsp3) is 0.312. The van der Waals surface area contributed by atoms with Crippen molar-refractivity contribution in [3.05, 3.63) is 53.5 Å². The second-order valence-electron chi connectivity index (χ2n) is 4.59. The van der Waals surface area contributed by atoms with Gasteiger partial charge in [0.2, 0.25) is 0 Å². The first-order valence-corrected chi connectivity index (χ1v) is 8.31. The van der Waals surface area contributed by atoms with Gasteiger partial charge in [-0.3, -0.25) is 4.79 Å². The van der Waals surface area contributed by atoms with Gasteiger partial charge >= 0.3 is 0 Å². The first-order chi connectivity index (χ1) is 10.2. The number of rotatable bonds is 7. The maximum Gasteiger partial charge on any atom is 0.251 e. The van der Waals surface area contributed by atoms with Crippen LogP contribution in [0.3, 0.4) is 0 Å². The van der Waals surface area contributed by atoms with Crippen molar-refractivity contribution >= 4 is 23.4 Å². The fourth-order valence-corrected chi connectivity index (χ4v) is 2.37. The van der Waals surface area contributed by atoms with E-state index >= 15 is 0 Å². The molecule has 1 amide bonds. The molecule has 0 saturated carbocycles. The first kappa shape index (κ1) is 15.5. The van der Waals surface area contributed by atoms with E-state index in [1.54, 1.807) is 11.8 Å². The van der Waals surface area contributed by atoms with Crippen LogP contribution in [-0.4, -0.2) is 18.7 Å². The number of anilines is 1. The Morgan fingerprint density at radius 2 is 1.86 bits per heavy atom. The largest absolute Gasteiger partial charge is 0.463 e. The lowest BCUT2D eigenvalue weighted by Gasteiger charge is -2.06. The van der Waals surface area contributed by atoms with E-state index in [4.69, 9.17) is 4.42 Å². The fourth-order valence-electron chi connectivity index (χ4n) is 1.93. The monoisotopic (exact) mass is 304 g/mol. The Kier molecular flexibility index (Phi) is 5.75. The molecule has 2 rings (SSSR count). The molecule has 0 fully saturated rings. The molecular weight excluding hydrogens is 284 g/mol. The highest BCUT2D eigenvalue weighted by Crippen LogP contribution is 2.15. The van der Waals surface area contributed by atoms with Crippen molar-refractivity contribution in [1.29, 1.82) is 0 Å². The number of hydrogen-bond donors (Lipinski definition) is 2. The zero-order chi connectivity index (χ0) is 15.1. The summed E-state index contributed by atoms with van der Waals surface area (Å²) in [5, 5.41) is 6.06. The summed E-state index contributed by atoms with van der Waals surface area (Å²) in [6.07, 6.45) is 2.05. The van der Waals surface area contributed by atoms with E-state index in [0.29, 0.717) is 18.7 Å². The molecule has 0 atom stereocenters. The maximum absolute atomic E-state index is 11.7. The molecule has 2 N–H and O–H groups in total. The number of hydrogen-bond acceptors (Lipinski definition) is 4. The third kappa shape index (κ3) is 4.56. The Hall–Kier alpha value is -1.88. The Bertz CT molecular complexity index is 578. The zero-order valence-corrected chi connectivity index (χ0v) is 13.1. The summed E-state index contributed by atoms with van der Waals surface area (Å²) >= 11 is 1.74. The second-order valence-corrected chi connectivity index (χ2v) is 5.46. The van der Waals surface area contributed by atoms with E-state index in [1.165, 1.54) is 0 Å². The molecule has 0 aliphatic carbocycles. The molecule has 0 spiro atoms. The number of furan rings is 1. The minimum atomic E-state index is -0.0446. The minimum Gasteiger partial charge on any atom is -0.463 e. The molecule has 0 aliphatic rings. The molecule has 0 radical (unpaired) electrons. The summed E-state index contributed by atoms with van der Waals surface area (Å²) in [7, 11) is 0. The van der Waals surface area contributed by atoms with Crippen molar-refractivity contribution in [3.8, 4) is 0 Å². The second kappa shape index (κ2) is 7.78. The zero-order valence-electron chi connectivity index (χ0n) is 12.3. The van der Waals surface area contributed by atoms with E-state index in [9.17, 15) is 4.79 Å². The third-order valence-corrected chi connectivity index (χ3v) is 3.53. The first-order valence-electron chi connectivity index (χ1n) is 6.91. The van der Waals surface area contributed by atoms with Crippen LogP contribution in [-0.2, 0) is 12.3 Å². The number of amides is 1. The summed E-state index contributed by atoms with van der Waals surface area (Å²) in [5.41, 5.74) is 1.63. The third-order valence-electron chi connectivity index (χ3n) is 2.96. The molecule has 4 nitrogen and oxygen atoms in total. The van der Waals surface area contributed by atoms with Crippen LogP contribution in [0.5, 0.6) is 0 Å². The predicted molar refractivity (Wildman–Crippen MR) is 87.7 cm³/mol. The lowest BCUT2D eigenvalue weighted by atomic mass is 10.2. The summed E-state index contributed by atoms with van der Waals surface area (Å²) in [6, 6.07) is 11.4. The minimum absolute atomic E-state index is 0.0446. The molecule has 0 bridgehead atoms. The van der Waals surface area contributed by atoms with E-state index in [-0.39, 0.29) is 5.91 Å². The van der Waals surface area contributed by atoms with Gasteiger partial charge in [-0.2, -0.15) is 11.8 Å². The van der Waals surface area contributed by atoms with Crippen LogP contribution in [0.25, 0.3) is 0 Å². The average Bonchev–Trinajstić information content (AvgIpc) is 2.94. The van der Waals surface area contributed by atoms with E-state index in [2.05, 4.69) is 16.9 Å². The number of benzene rings is 1. The molecule has 1 heterocycles. The Balaban J connectivity index is 1.89. The lowest BCUT2D eigenvalue weighted by Crippen LogP contribution is -2.22. The van der Waals surface area contributed by atoms with Gasteiger partial charge in [0.1, 0.15) is 11.5 Å². The van der Waals surface area contributed by atoms with Crippen molar-refractivity contribution in [1.82, 2.24) is 5.32 Å². The van der Waals surface area contributed by atoms with E-state index in [0.717, 1.165) is 23.0 Å². The Morgan fingerprint density at radius 1 is 1.14 bits per heavy atom. The number of carbonyl (C=O) groups excluding carboxylic acids is 1. The molecule has 21 heavy (non-hydrogen) atoms.